The van der Waals surface area contributed by atoms with E-state index in [1.54, 1.807) is 13.9 Å². The average molecular weight is 341 g/mol. The third kappa shape index (κ3) is 1.69. The standard InChI is InChI=1S/C20H27N3O2/c1-19(2)13-10-11-20(19,3)16(12-13)21-17(24)22-14-6-4-5-7-15(9-8-14)23(22)18(21)25/h4,6,8-9,13-16H,5,7,10-12H2,1-3H3/t13-,14-,15-,16-,20+/m1/s1. The van der Waals surface area contributed by atoms with E-state index in [-0.39, 0.29) is 40.3 Å². The van der Waals surface area contributed by atoms with E-state index in [9.17, 15) is 9.59 Å². The minimum Gasteiger partial charge on any atom is -0.246 e. The smallest absolute Gasteiger partial charge is 0.246 e. The molecule has 0 aromatic carbocycles. The third-order valence-electron chi connectivity index (χ3n) is 8.19. The van der Waals surface area contributed by atoms with E-state index in [0.717, 1.165) is 25.7 Å². The molecule has 4 bridgehead atoms. The fraction of sp³-hybridized carbons (Fsp3) is 0.700. The maximum atomic E-state index is 13.4. The van der Waals surface area contributed by atoms with Crippen molar-refractivity contribution in [2.45, 2.75) is 71.0 Å². The lowest BCUT2D eigenvalue weighted by molar-refractivity contribution is 0.103. The largest absolute Gasteiger partial charge is 0.348 e. The Morgan fingerprint density at radius 1 is 1.00 bits per heavy atom. The third-order valence-corrected chi connectivity index (χ3v) is 8.19. The summed E-state index contributed by atoms with van der Waals surface area (Å²) in [5.74, 6) is 0.607. The molecule has 2 heterocycles. The van der Waals surface area contributed by atoms with E-state index in [0.29, 0.717) is 5.92 Å². The molecule has 5 heteroatoms. The van der Waals surface area contributed by atoms with E-state index >= 15 is 0 Å². The van der Waals surface area contributed by atoms with Gasteiger partial charge in [0, 0.05) is 6.04 Å². The Morgan fingerprint density at radius 2 is 1.76 bits per heavy atom. The van der Waals surface area contributed by atoms with Gasteiger partial charge in [0.1, 0.15) is 0 Å². The lowest BCUT2D eigenvalue weighted by atomic mass is 9.69. The molecule has 0 amide bonds. The van der Waals surface area contributed by atoms with Gasteiger partial charge in [-0.3, -0.25) is 0 Å². The summed E-state index contributed by atoms with van der Waals surface area (Å²) in [5, 5.41) is 0. The predicted molar refractivity (Wildman–Crippen MR) is 96.8 cm³/mol. The first kappa shape index (κ1) is 15.5. The van der Waals surface area contributed by atoms with Crippen LogP contribution in [0.5, 0.6) is 0 Å². The van der Waals surface area contributed by atoms with Crippen LogP contribution < -0.4 is 11.4 Å². The van der Waals surface area contributed by atoms with Crippen LogP contribution in [0.1, 0.15) is 71.0 Å². The SMILES string of the molecule is CC1(C)[C@@H]2CC[C@@]1(C)[C@H](n1c(=O)n3n(c1=O)[C@H]1C=C[C@H]3C=CCC1)C2. The highest BCUT2D eigenvalue weighted by Gasteiger charge is 2.62. The van der Waals surface area contributed by atoms with Crippen LogP contribution in [0.4, 0.5) is 0 Å². The molecule has 0 unspecified atom stereocenters. The van der Waals surface area contributed by atoms with Crippen molar-refractivity contribution in [2.75, 3.05) is 0 Å². The highest BCUT2D eigenvalue weighted by molar-refractivity contribution is 5.16. The topological polar surface area (TPSA) is 48.9 Å². The zero-order valence-corrected chi connectivity index (χ0v) is 15.3. The molecule has 134 valence electrons. The highest BCUT2D eigenvalue weighted by Crippen LogP contribution is 2.69. The second-order valence-electron chi connectivity index (χ2n) is 9.20. The lowest BCUT2D eigenvalue weighted by Crippen LogP contribution is -2.42. The lowest BCUT2D eigenvalue weighted by Gasteiger charge is -2.38. The van der Waals surface area contributed by atoms with Crippen molar-refractivity contribution in [3.63, 3.8) is 0 Å². The summed E-state index contributed by atoms with van der Waals surface area (Å²) >= 11 is 0. The van der Waals surface area contributed by atoms with Gasteiger partial charge in [-0.25, -0.2) is 23.5 Å². The van der Waals surface area contributed by atoms with E-state index in [2.05, 4.69) is 45.1 Å². The Morgan fingerprint density at radius 3 is 2.44 bits per heavy atom. The molecule has 1 aliphatic heterocycles. The first-order valence-electron chi connectivity index (χ1n) is 9.67. The normalized spacial score (nSPS) is 40.3. The zero-order chi connectivity index (χ0) is 17.6. The van der Waals surface area contributed by atoms with Crippen LogP contribution in [-0.4, -0.2) is 13.9 Å². The van der Waals surface area contributed by atoms with Crippen LogP contribution in [0.3, 0.4) is 0 Å². The Hall–Kier alpha value is -1.78. The Bertz CT molecular complexity index is 912. The molecule has 3 aliphatic carbocycles. The molecule has 0 spiro atoms. The van der Waals surface area contributed by atoms with Gasteiger partial charge in [-0.05, 0) is 48.9 Å². The van der Waals surface area contributed by atoms with Gasteiger partial charge in [0.25, 0.3) is 0 Å². The van der Waals surface area contributed by atoms with Gasteiger partial charge in [-0.15, -0.1) is 0 Å². The molecular formula is C20H27N3O2. The quantitative estimate of drug-likeness (QED) is 0.737. The van der Waals surface area contributed by atoms with Crippen LogP contribution in [0.15, 0.2) is 33.9 Å². The first-order valence-corrected chi connectivity index (χ1v) is 9.67. The van der Waals surface area contributed by atoms with Crippen LogP contribution in [-0.2, 0) is 0 Å². The Labute approximate surface area is 147 Å². The molecule has 1 aromatic heterocycles. The summed E-state index contributed by atoms with van der Waals surface area (Å²) < 4.78 is 5.05. The van der Waals surface area contributed by atoms with Crippen LogP contribution in [0.2, 0.25) is 0 Å². The zero-order valence-electron chi connectivity index (χ0n) is 15.3. The first-order chi connectivity index (χ1) is 11.9. The molecule has 0 N–H and O–H groups in total. The van der Waals surface area contributed by atoms with Crippen molar-refractivity contribution in [3.8, 4) is 0 Å². The van der Waals surface area contributed by atoms with Crippen molar-refractivity contribution in [3.05, 3.63) is 45.3 Å². The number of allylic oxidation sites excluding steroid dienone is 4. The summed E-state index contributed by atoms with van der Waals surface area (Å²) in [5.41, 5.74) is -0.0194. The molecule has 0 saturated heterocycles. The van der Waals surface area contributed by atoms with Crippen molar-refractivity contribution in [1.29, 1.82) is 0 Å². The molecule has 0 radical (unpaired) electrons. The van der Waals surface area contributed by atoms with Crippen LogP contribution in [0, 0.1) is 16.7 Å². The van der Waals surface area contributed by atoms with Gasteiger partial charge in [0.05, 0.1) is 12.1 Å². The Balaban J connectivity index is 1.72. The van der Waals surface area contributed by atoms with Crippen molar-refractivity contribution in [1.82, 2.24) is 13.9 Å². The van der Waals surface area contributed by atoms with Gasteiger partial charge in [-0.2, -0.15) is 0 Å². The van der Waals surface area contributed by atoms with Crippen LogP contribution >= 0.6 is 0 Å². The van der Waals surface area contributed by atoms with Gasteiger partial charge in [0.2, 0.25) is 0 Å². The van der Waals surface area contributed by atoms with Gasteiger partial charge < -0.3 is 0 Å². The van der Waals surface area contributed by atoms with E-state index in [1.807, 2.05) is 0 Å². The minimum atomic E-state index is -0.127. The fourth-order valence-electron chi connectivity index (χ4n) is 6.15. The Kier molecular flexibility index (Phi) is 2.90. The maximum absolute atomic E-state index is 13.4. The summed E-state index contributed by atoms with van der Waals surface area (Å²) in [4.78, 5) is 26.7. The van der Waals surface area contributed by atoms with Crippen LogP contribution in [0.25, 0.3) is 0 Å². The van der Waals surface area contributed by atoms with Gasteiger partial charge in [-0.1, -0.05) is 45.1 Å². The van der Waals surface area contributed by atoms with E-state index in [4.69, 9.17) is 0 Å². The molecule has 5 rings (SSSR count). The number of hydrogen-bond acceptors (Lipinski definition) is 2. The molecule has 4 aliphatic rings. The number of fused-ring (bicyclic) bond motifs is 7. The number of rotatable bonds is 1. The van der Waals surface area contributed by atoms with E-state index in [1.165, 1.54) is 6.42 Å². The number of nitrogens with zero attached hydrogens (tertiary/aromatic N) is 3. The predicted octanol–water partition coefficient (Wildman–Crippen LogP) is 3.20. The summed E-state index contributed by atoms with van der Waals surface area (Å²) in [6, 6.07) is -0.0997. The van der Waals surface area contributed by atoms with Gasteiger partial charge in [0.15, 0.2) is 0 Å². The summed E-state index contributed by atoms with van der Waals surface area (Å²) in [7, 11) is 0. The minimum absolute atomic E-state index is 0.00190. The molecule has 5 nitrogen and oxygen atoms in total. The molecule has 2 fully saturated rings. The van der Waals surface area contributed by atoms with Crippen molar-refractivity contribution >= 4 is 0 Å². The van der Waals surface area contributed by atoms with Crippen molar-refractivity contribution in [2.24, 2.45) is 16.7 Å². The molecular weight excluding hydrogens is 314 g/mol. The molecule has 25 heavy (non-hydrogen) atoms. The second-order valence-corrected chi connectivity index (χ2v) is 9.20. The second kappa shape index (κ2) is 4.68. The molecule has 1 aromatic rings. The maximum Gasteiger partial charge on any atom is 0.348 e. The average Bonchev–Trinajstić information content (AvgIpc) is 2.99. The summed E-state index contributed by atoms with van der Waals surface area (Å²) in [6.45, 7) is 6.95. The van der Waals surface area contributed by atoms with E-state index < -0.39 is 0 Å². The monoisotopic (exact) mass is 341 g/mol. The number of hydrogen-bond donors (Lipinski definition) is 0. The van der Waals surface area contributed by atoms with Crippen molar-refractivity contribution < 1.29 is 0 Å². The summed E-state index contributed by atoms with van der Waals surface area (Å²) in [6.07, 6.45) is 13.5. The van der Waals surface area contributed by atoms with Gasteiger partial charge >= 0.3 is 11.4 Å². The highest BCUT2D eigenvalue weighted by atomic mass is 16.2. The fourth-order valence-corrected chi connectivity index (χ4v) is 6.15. The number of aromatic nitrogens is 3. The molecule has 5 atom stereocenters. The molecule has 2 saturated carbocycles.